The Morgan fingerprint density at radius 3 is 1.35 bits per heavy atom. The fraction of sp³-hybridized carbons (Fsp3) is 0. The Kier molecular flexibility index (Phi) is 3.49. The molecule has 0 fully saturated rings. The van der Waals surface area contributed by atoms with E-state index in [4.69, 9.17) is 0 Å². The van der Waals surface area contributed by atoms with Crippen molar-refractivity contribution in [2.45, 2.75) is 0 Å². The Morgan fingerprint density at radius 1 is 0.647 bits per heavy atom. The second kappa shape index (κ2) is 5.24. The standard InChI is InChI=1S/C15H10F2/c16-14-8-4-12(5-9-14)2-1-3-13-6-10-15(17)11-7-13/h2-11H. The zero-order valence-corrected chi connectivity index (χ0v) is 9.03. The minimum atomic E-state index is -0.260. The van der Waals surface area contributed by atoms with E-state index in [0.29, 0.717) is 0 Å². The van der Waals surface area contributed by atoms with E-state index in [2.05, 4.69) is 5.73 Å². The van der Waals surface area contributed by atoms with E-state index in [1.54, 1.807) is 36.4 Å². The quantitative estimate of drug-likeness (QED) is 0.672. The SMILES string of the molecule is Fc1ccc(C=C=Cc2ccc(F)cc2)cc1. The predicted molar refractivity (Wildman–Crippen MR) is 65.2 cm³/mol. The molecule has 2 heteroatoms. The molecule has 84 valence electrons. The molecular weight excluding hydrogens is 218 g/mol. The highest BCUT2D eigenvalue weighted by atomic mass is 19.1. The fourth-order valence-corrected chi connectivity index (χ4v) is 1.35. The van der Waals surface area contributed by atoms with Gasteiger partial charge in [-0.05, 0) is 47.5 Å². The van der Waals surface area contributed by atoms with Gasteiger partial charge in [-0.25, -0.2) is 8.78 Å². The van der Waals surface area contributed by atoms with E-state index < -0.39 is 0 Å². The average molecular weight is 228 g/mol. The van der Waals surface area contributed by atoms with Crippen LogP contribution in [-0.2, 0) is 0 Å². The van der Waals surface area contributed by atoms with E-state index >= 15 is 0 Å². The van der Waals surface area contributed by atoms with Crippen LogP contribution in [0.5, 0.6) is 0 Å². The molecule has 0 spiro atoms. The van der Waals surface area contributed by atoms with Gasteiger partial charge in [0.25, 0.3) is 0 Å². The van der Waals surface area contributed by atoms with Crippen LogP contribution in [0, 0.1) is 11.6 Å². The van der Waals surface area contributed by atoms with Crippen LogP contribution in [0.4, 0.5) is 8.78 Å². The molecule has 2 rings (SSSR count). The summed E-state index contributed by atoms with van der Waals surface area (Å²) in [6.45, 7) is 0. The number of rotatable bonds is 2. The molecule has 2 aromatic carbocycles. The summed E-state index contributed by atoms with van der Waals surface area (Å²) >= 11 is 0. The molecule has 0 saturated heterocycles. The zero-order valence-electron chi connectivity index (χ0n) is 9.03. The molecule has 0 saturated carbocycles. The van der Waals surface area contributed by atoms with E-state index in [1.165, 1.54) is 24.3 Å². The maximum absolute atomic E-state index is 12.6. The first-order valence-electron chi connectivity index (χ1n) is 5.18. The Bertz CT molecular complexity index is 495. The lowest BCUT2D eigenvalue weighted by Gasteiger charge is -1.91. The van der Waals surface area contributed by atoms with Crippen LogP contribution in [0.25, 0.3) is 12.2 Å². The van der Waals surface area contributed by atoms with Crippen molar-refractivity contribution in [3.8, 4) is 0 Å². The van der Waals surface area contributed by atoms with E-state index in [9.17, 15) is 8.78 Å². The number of hydrogen-bond acceptors (Lipinski definition) is 0. The molecule has 0 aliphatic rings. The van der Waals surface area contributed by atoms with Crippen LogP contribution < -0.4 is 0 Å². The molecular formula is C15H10F2. The van der Waals surface area contributed by atoms with Crippen LogP contribution >= 0.6 is 0 Å². The number of benzene rings is 2. The maximum Gasteiger partial charge on any atom is 0.123 e. The van der Waals surface area contributed by atoms with Gasteiger partial charge in [-0.2, -0.15) is 0 Å². The lowest BCUT2D eigenvalue weighted by Crippen LogP contribution is -1.74. The van der Waals surface area contributed by atoms with Gasteiger partial charge < -0.3 is 0 Å². The molecule has 0 nitrogen and oxygen atoms in total. The largest absolute Gasteiger partial charge is 0.207 e. The Labute approximate surface area is 98.5 Å². The average Bonchev–Trinajstić information content (AvgIpc) is 2.34. The van der Waals surface area contributed by atoms with E-state index in [1.807, 2.05) is 0 Å². The van der Waals surface area contributed by atoms with Gasteiger partial charge in [-0.1, -0.05) is 24.3 Å². The molecule has 0 atom stereocenters. The molecule has 0 N–H and O–H groups in total. The third-order valence-electron chi connectivity index (χ3n) is 2.24. The topological polar surface area (TPSA) is 0 Å². The first-order chi connectivity index (χ1) is 8.24. The maximum atomic E-state index is 12.6. The van der Waals surface area contributed by atoms with E-state index in [-0.39, 0.29) is 11.6 Å². The Hall–Kier alpha value is -2.18. The van der Waals surface area contributed by atoms with Gasteiger partial charge in [0, 0.05) is 0 Å². The van der Waals surface area contributed by atoms with Gasteiger partial charge in [-0.15, -0.1) is 5.73 Å². The van der Waals surface area contributed by atoms with Gasteiger partial charge in [0.2, 0.25) is 0 Å². The van der Waals surface area contributed by atoms with Crippen molar-refractivity contribution in [1.29, 1.82) is 0 Å². The molecule has 0 amide bonds. The lowest BCUT2D eigenvalue weighted by atomic mass is 10.2. The summed E-state index contributed by atoms with van der Waals surface area (Å²) in [5.41, 5.74) is 4.69. The first-order valence-corrected chi connectivity index (χ1v) is 5.18. The van der Waals surface area contributed by atoms with Crippen molar-refractivity contribution >= 4 is 12.2 Å². The Morgan fingerprint density at radius 2 is 1.00 bits per heavy atom. The minimum absolute atomic E-state index is 0.260. The summed E-state index contributed by atoms with van der Waals surface area (Å²) in [6, 6.07) is 12.2. The van der Waals surface area contributed by atoms with Crippen LogP contribution in [-0.4, -0.2) is 0 Å². The van der Waals surface area contributed by atoms with Crippen molar-refractivity contribution in [3.05, 3.63) is 77.0 Å². The molecule has 0 aliphatic carbocycles. The second-order valence-electron chi connectivity index (χ2n) is 3.56. The van der Waals surface area contributed by atoms with Crippen LogP contribution in [0.15, 0.2) is 54.3 Å². The van der Waals surface area contributed by atoms with Crippen LogP contribution in [0.3, 0.4) is 0 Å². The van der Waals surface area contributed by atoms with Gasteiger partial charge in [0.15, 0.2) is 0 Å². The highest BCUT2D eigenvalue weighted by Crippen LogP contribution is 2.06. The summed E-state index contributed by atoms with van der Waals surface area (Å²) in [7, 11) is 0. The molecule has 17 heavy (non-hydrogen) atoms. The number of hydrogen-bond donors (Lipinski definition) is 0. The highest BCUT2D eigenvalue weighted by Gasteiger charge is 1.89. The Balaban J connectivity index is 2.14. The van der Waals surface area contributed by atoms with Crippen molar-refractivity contribution in [1.82, 2.24) is 0 Å². The van der Waals surface area contributed by atoms with Crippen molar-refractivity contribution in [2.24, 2.45) is 0 Å². The molecule has 0 radical (unpaired) electrons. The van der Waals surface area contributed by atoms with Gasteiger partial charge in [0.05, 0.1) is 0 Å². The molecule has 0 aromatic heterocycles. The van der Waals surface area contributed by atoms with Crippen LogP contribution in [0.2, 0.25) is 0 Å². The third kappa shape index (κ3) is 3.40. The summed E-state index contributed by atoms with van der Waals surface area (Å²) in [6.07, 6.45) is 3.48. The van der Waals surface area contributed by atoms with E-state index in [0.717, 1.165) is 11.1 Å². The predicted octanol–water partition coefficient (Wildman–Crippen LogP) is 4.29. The van der Waals surface area contributed by atoms with Crippen LogP contribution in [0.1, 0.15) is 11.1 Å². The lowest BCUT2D eigenvalue weighted by molar-refractivity contribution is 0.627. The molecule has 2 aromatic rings. The molecule has 0 unspecified atom stereocenters. The minimum Gasteiger partial charge on any atom is -0.207 e. The molecule has 0 aliphatic heterocycles. The van der Waals surface area contributed by atoms with Crippen molar-refractivity contribution in [2.75, 3.05) is 0 Å². The smallest absolute Gasteiger partial charge is 0.123 e. The van der Waals surface area contributed by atoms with Crippen molar-refractivity contribution < 1.29 is 8.78 Å². The summed E-state index contributed by atoms with van der Waals surface area (Å²) in [4.78, 5) is 0. The normalized spacial score (nSPS) is 9.53. The second-order valence-corrected chi connectivity index (χ2v) is 3.56. The van der Waals surface area contributed by atoms with Gasteiger partial charge >= 0.3 is 0 Å². The third-order valence-corrected chi connectivity index (χ3v) is 2.24. The first kappa shape index (κ1) is 11.3. The van der Waals surface area contributed by atoms with Gasteiger partial charge in [-0.3, -0.25) is 0 Å². The highest BCUT2D eigenvalue weighted by molar-refractivity contribution is 5.57. The molecule has 0 heterocycles. The van der Waals surface area contributed by atoms with Gasteiger partial charge in [0.1, 0.15) is 11.6 Å². The zero-order chi connectivity index (χ0) is 12.1. The fourth-order valence-electron chi connectivity index (χ4n) is 1.35. The summed E-state index contributed by atoms with van der Waals surface area (Å²) < 4.78 is 25.3. The number of halogens is 2. The molecule has 0 bridgehead atoms. The summed E-state index contributed by atoms with van der Waals surface area (Å²) in [5, 5.41) is 0. The monoisotopic (exact) mass is 228 g/mol. The van der Waals surface area contributed by atoms with Crippen molar-refractivity contribution in [3.63, 3.8) is 0 Å². The summed E-state index contributed by atoms with van der Waals surface area (Å²) in [5.74, 6) is -0.519.